The van der Waals surface area contributed by atoms with Crippen molar-refractivity contribution in [1.29, 1.82) is 0 Å². The highest BCUT2D eigenvalue weighted by Crippen LogP contribution is 2.15. The monoisotopic (exact) mass is 185 g/mol. The van der Waals surface area contributed by atoms with E-state index in [-0.39, 0.29) is 11.5 Å². The third-order valence-corrected chi connectivity index (χ3v) is 1.98. The molecule has 0 saturated heterocycles. The number of aryl methyl sites for hydroxylation is 1. The normalized spacial score (nSPS) is 12.8. The summed E-state index contributed by atoms with van der Waals surface area (Å²) in [7, 11) is 0. The van der Waals surface area contributed by atoms with E-state index in [2.05, 4.69) is 0 Å². The fourth-order valence-electron chi connectivity index (χ4n) is 1.06. The van der Waals surface area contributed by atoms with Crippen LogP contribution in [-0.2, 0) is 16.8 Å². The number of phenols is 1. The van der Waals surface area contributed by atoms with Gasteiger partial charge in [0, 0.05) is 5.75 Å². The third kappa shape index (κ3) is 2.64. The van der Waals surface area contributed by atoms with Gasteiger partial charge in [-0.2, -0.15) is 0 Å². The van der Waals surface area contributed by atoms with Crippen LogP contribution in [0.5, 0.6) is 5.75 Å². The maximum atomic E-state index is 10.3. The molecule has 0 fully saturated rings. The molecule has 0 saturated carbocycles. The topological polar surface area (TPSA) is 60.4 Å². The molecule has 66 valence electrons. The molecule has 0 aliphatic heterocycles. The molecule has 0 aliphatic carbocycles. The van der Waals surface area contributed by atoms with Gasteiger partial charge in [-0.25, -0.2) is 0 Å². The zero-order valence-electron chi connectivity index (χ0n) is 6.61. The lowest BCUT2D eigenvalue weighted by molar-refractivity contribution is 0.474. The van der Waals surface area contributed by atoms with E-state index in [1.54, 1.807) is 19.1 Å². The van der Waals surface area contributed by atoms with Crippen LogP contribution < -0.4 is 0 Å². The molecule has 1 N–H and O–H groups in total. The minimum Gasteiger partial charge on any atom is -0.772 e. The Kier molecular flexibility index (Phi) is 2.83. The average Bonchev–Trinajstić information content (AvgIpc) is 1.81. The van der Waals surface area contributed by atoms with Crippen molar-refractivity contribution in [3.63, 3.8) is 0 Å². The van der Waals surface area contributed by atoms with E-state index in [1.807, 2.05) is 0 Å². The molecule has 3 nitrogen and oxygen atoms in total. The van der Waals surface area contributed by atoms with Crippen molar-refractivity contribution in [1.82, 2.24) is 0 Å². The highest BCUT2D eigenvalue weighted by molar-refractivity contribution is 7.78. The highest BCUT2D eigenvalue weighted by atomic mass is 32.2. The van der Waals surface area contributed by atoms with Gasteiger partial charge in [-0.1, -0.05) is 17.1 Å². The van der Waals surface area contributed by atoms with Crippen LogP contribution in [0.4, 0.5) is 0 Å². The standard InChI is InChI=1S/C8H10O3S/c1-6-2-7(5-12(10)11)4-8(9)3-6/h2-4,9H,5H2,1H3,(H,10,11)/p-1. The number of benzene rings is 1. The Morgan fingerprint density at radius 1 is 1.50 bits per heavy atom. The van der Waals surface area contributed by atoms with Crippen LogP contribution in [-0.4, -0.2) is 13.9 Å². The smallest absolute Gasteiger partial charge is 0.116 e. The molecule has 1 aromatic rings. The lowest BCUT2D eigenvalue weighted by atomic mass is 10.1. The largest absolute Gasteiger partial charge is 0.772 e. The van der Waals surface area contributed by atoms with Crippen LogP contribution in [0.2, 0.25) is 0 Å². The van der Waals surface area contributed by atoms with Crippen LogP contribution in [0.25, 0.3) is 0 Å². The van der Waals surface area contributed by atoms with Crippen LogP contribution in [0, 0.1) is 6.92 Å². The third-order valence-electron chi connectivity index (χ3n) is 1.41. The van der Waals surface area contributed by atoms with E-state index < -0.39 is 11.1 Å². The summed E-state index contributed by atoms with van der Waals surface area (Å²) in [5.74, 6) is 0.0605. The number of hydrogen-bond acceptors (Lipinski definition) is 3. The van der Waals surface area contributed by atoms with Crippen LogP contribution >= 0.6 is 0 Å². The average molecular weight is 185 g/mol. The first kappa shape index (κ1) is 9.22. The van der Waals surface area contributed by atoms with Crippen molar-refractivity contribution in [2.45, 2.75) is 12.7 Å². The van der Waals surface area contributed by atoms with Gasteiger partial charge in [-0.05, 0) is 30.2 Å². The van der Waals surface area contributed by atoms with E-state index in [1.165, 1.54) is 6.07 Å². The summed E-state index contributed by atoms with van der Waals surface area (Å²) in [6.07, 6.45) is 0. The fraction of sp³-hybridized carbons (Fsp3) is 0.250. The Morgan fingerprint density at radius 3 is 2.67 bits per heavy atom. The molecule has 0 amide bonds. The van der Waals surface area contributed by atoms with Crippen LogP contribution in [0.15, 0.2) is 18.2 Å². The summed E-state index contributed by atoms with van der Waals surface area (Å²) in [5.41, 5.74) is 1.47. The molecule has 0 spiro atoms. The first-order valence-electron chi connectivity index (χ1n) is 3.43. The van der Waals surface area contributed by atoms with E-state index >= 15 is 0 Å². The molecule has 1 rings (SSSR count). The van der Waals surface area contributed by atoms with Gasteiger partial charge in [0.05, 0.1) is 0 Å². The Labute approximate surface area is 73.3 Å². The summed E-state index contributed by atoms with van der Waals surface area (Å²) >= 11 is -2.09. The molecule has 0 aromatic heterocycles. The van der Waals surface area contributed by atoms with Crippen molar-refractivity contribution in [2.24, 2.45) is 0 Å². The molecular weight excluding hydrogens is 176 g/mol. The van der Waals surface area contributed by atoms with Crippen molar-refractivity contribution in [3.05, 3.63) is 29.3 Å². The first-order valence-corrected chi connectivity index (χ1v) is 4.68. The van der Waals surface area contributed by atoms with Gasteiger partial charge in [0.1, 0.15) is 5.75 Å². The Bertz CT molecular complexity index is 289. The van der Waals surface area contributed by atoms with Gasteiger partial charge in [-0.15, -0.1) is 0 Å². The van der Waals surface area contributed by atoms with Crippen molar-refractivity contribution >= 4 is 11.1 Å². The molecule has 0 bridgehead atoms. The van der Waals surface area contributed by atoms with E-state index in [0.717, 1.165) is 5.56 Å². The molecule has 0 aliphatic rings. The zero-order chi connectivity index (χ0) is 9.14. The predicted octanol–water partition coefficient (Wildman–Crippen LogP) is 1.08. The molecule has 4 heteroatoms. The van der Waals surface area contributed by atoms with Crippen molar-refractivity contribution < 1.29 is 13.9 Å². The lowest BCUT2D eigenvalue weighted by Crippen LogP contribution is -1.93. The molecule has 1 aromatic carbocycles. The minimum absolute atomic E-state index is 0.0464. The lowest BCUT2D eigenvalue weighted by Gasteiger charge is -2.06. The summed E-state index contributed by atoms with van der Waals surface area (Å²) in [6.45, 7) is 1.80. The number of rotatable bonds is 2. The molecule has 12 heavy (non-hydrogen) atoms. The molecule has 1 unspecified atom stereocenters. The maximum Gasteiger partial charge on any atom is 0.116 e. The van der Waals surface area contributed by atoms with Crippen LogP contribution in [0.1, 0.15) is 11.1 Å². The number of phenolic OH excluding ortho intramolecular Hbond substituents is 1. The van der Waals surface area contributed by atoms with E-state index in [4.69, 9.17) is 5.11 Å². The van der Waals surface area contributed by atoms with Gasteiger partial charge in [0.15, 0.2) is 0 Å². The van der Waals surface area contributed by atoms with Gasteiger partial charge in [0.2, 0.25) is 0 Å². The molecular formula is C8H9O3S-. The second-order valence-corrected chi connectivity index (χ2v) is 3.52. The van der Waals surface area contributed by atoms with Crippen molar-refractivity contribution in [2.75, 3.05) is 0 Å². The summed E-state index contributed by atoms with van der Waals surface area (Å²) in [4.78, 5) is 0. The molecule has 0 heterocycles. The number of aromatic hydroxyl groups is 1. The Balaban J connectivity index is 2.93. The second-order valence-electron chi connectivity index (χ2n) is 2.62. The van der Waals surface area contributed by atoms with Crippen molar-refractivity contribution in [3.8, 4) is 5.75 Å². The highest BCUT2D eigenvalue weighted by Gasteiger charge is 1.96. The zero-order valence-corrected chi connectivity index (χ0v) is 7.43. The van der Waals surface area contributed by atoms with Crippen LogP contribution in [0.3, 0.4) is 0 Å². The first-order chi connectivity index (χ1) is 5.58. The SMILES string of the molecule is Cc1cc(O)cc(CS(=O)[O-])c1. The van der Waals surface area contributed by atoms with Gasteiger partial charge >= 0.3 is 0 Å². The molecule has 0 radical (unpaired) electrons. The summed E-state index contributed by atoms with van der Waals surface area (Å²) in [5, 5.41) is 9.11. The number of hydrogen-bond donors (Lipinski definition) is 1. The maximum absolute atomic E-state index is 10.3. The quantitative estimate of drug-likeness (QED) is 0.701. The Morgan fingerprint density at radius 2 is 2.17 bits per heavy atom. The van der Waals surface area contributed by atoms with Gasteiger partial charge in [0.25, 0.3) is 0 Å². The summed E-state index contributed by atoms with van der Waals surface area (Å²) < 4.78 is 20.6. The van der Waals surface area contributed by atoms with E-state index in [0.29, 0.717) is 5.56 Å². The minimum atomic E-state index is -2.09. The second kappa shape index (κ2) is 3.69. The van der Waals surface area contributed by atoms with Gasteiger partial charge in [-0.3, -0.25) is 4.21 Å². The molecule has 1 atom stereocenters. The Hall–Kier alpha value is -0.870. The summed E-state index contributed by atoms with van der Waals surface area (Å²) in [6, 6.07) is 4.76. The van der Waals surface area contributed by atoms with Gasteiger partial charge < -0.3 is 9.66 Å². The predicted molar refractivity (Wildman–Crippen MR) is 45.5 cm³/mol. The van der Waals surface area contributed by atoms with E-state index in [9.17, 15) is 8.76 Å². The fourth-order valence-corrected chi connectivity index (χ4v) is 1.50.